The van der Waals surface area contributed by atoms with Crippen LogP contribution >= 0.6 is 15.9 Å². The minimum absolute atomic E-state index is 0.157. The molecule has 7 heteroatoms. The van der Waals surface area contributed by atoms with Crippen LogP contribution in [0.25, 0.3) is 0 Å². The van der Waals surface area contributed by atoms with Gasteiger partial charge in [-0.25, -0.2) is 0 Å². The van der Waals surface area contributed by atoms with Crippen molar-refractivity contribution in [3.8, 4) is 0 Å². The van der Waals surface area contributed by atoms with Gasteiger partial charge in [-0.15, -0.1) is 0 Å². The predicted octanol–water partition coefficient (Wildman–Crippen LogP) is 3.71. The van der Waals surface area contributed by atoms with Crippen molar-refractivity contribution in [1.82, 2.24) is 19.6 Å². The third kappa shape index (κ3) is 4.17. The number of carbonyl (C=O) groups excluding carboxylic acids is 1. The normalized spacial score (nSPS) is 12.2. The molecule has 0 aliphatic rings. The molecule has 1 aromatic carbocycles. The van der Waals surface area contributed by atoms with Crippen molar-refractivity contribution < 1.29 is 4.79 Å². The van der Waals surface area contributed by atoms with Crippen LogP contribution in [0.1, 0.15) is 29.8 Å². The summed E-state index contributed by atoms with van der Waals surface area (Å²) in [5.41, 5.74) is 3.24. The van der Waals surface area contributed by atoms with Gasteiger partial charge in [0.2, 0.25) is 5.91 Å². The van der Waals surface area contributed by atoms with Crippen molar-refractivity contribution >= 4 is 27.7 Å². The van der Waals surface area contributed by atoms with E-state index in [2.05, 4.69) is 62.6 Å². The molecule has 0 saturated carbocycles. The van der Waals surface area contributed by atoms with Crippen LogP contribution in [0.15, 0.2) is 47.2 Å². The van der Waals surface area contributed by atoms with Crippen molar-refractivity contribution in [2.45, 2.75) is 33.4 Å². The first-order valence-corrected chi connectivity index (χ1v) is 8.83. The Kier molecular flexibility index (Phi) is 5.03. The van der Waals surface area contributed by atoms with Crippen LogP contribution in [0.5, 0.6) is 0 Å². The van der Waals surface area contributed by atoms with Crippen LogP contribution in [0.2, 0.25) is 0 Å². The van der Waals surface area contributed by atoms with Gasteiger partial charge in [-0.1, -0.05) is 29.8 Å². The van der Waals surface area contributed by atoms with Gasteiger partial charge in [0.25, 0.3) is 0 Å². The van der Waals surface area contributed by atoms with E-state index in [9.17, 15) is 4.79 Å². The minimum atomic E-state index is -0.424. The van der Waals surface area contributed by atoms with Gasteiger partial charge < -0.3 is 5.32 Å². The number of halogens is 1. The first-order valence-electron chi connectivity index (χ1n) is 8.03. The number of benzene rings is 1. The highest BCUT2D eigenvalue weighted by Crippen LogP contribution is 2.17. The summed E-state index contributed by atoms with van der Waals surface area (Å²) < 4.78 is 4.33. The van der Waals surface area contributed by atoms with E-state index >= 15 is 0 Å². The molecule has 2 aromatic heterocycles. The smallest absolute Gasteiger partial charge is 0.250 e. The Morgan fingerprint density at radius 2 is 1.92 bits per heavy atom. The maximum atomic E-state index is 12.4. The lowest BCUT2D eigenvalue weighted by Crippen LogP contribution is -2.24. The molecule has 1 amide bonds. The molecule has 1 atom stereocenters. The summed E-state index contributed by atoms with van der Waals surface area (Å²) in [5.74, 6) is 0.377. The lowest BCUT2D eigenvalue weighted by molar-refractivity contribution is -0.119. The third-order valence-corrected chi connectivity index (χ3v) is 4.77. The summed E-state index contributed by atoms with van der Waals surface area (Å²) in [4.78, 5) is 12.4. The van der Waals surface area contributed by atoms with E-state index < -0.39 is 6.04 Å². The molecule has 1 unspecified atom stereocenters. The number of carbonyl (C=O) groups is 1. The van der Waals surface area contributed by atoms with Crippen LogP contribution in [0, 0.1) is 13.8 Å². The highest BCUT2D eigenvalue weighted by atomic mass is 79.9. The van der Waals surface area contributed by atoms with Crippen LogP contribution in [0.3, 0.4) is 0 Å². The molecule has 3 aromatic rings. The van der Waals surface area contributed by atoms with Crippen molar-refractivity contribution in [1.29, 1.82) is 0 Å². The second kappa shape index (κ2) is 7.23. The van der Waals surface area contributed by atoms with E-state index in [-0.39, 0.29) is 5.91 Å². The molecule has 0 aliphatic carbocycles. The highest BCUT2D eigenvalue weighted by Gasteiger charge is 2.18. The van der Waals surface area contributed by atoms with Gasteiger partial charge in [-0.2, -0.15) is 10.2 Å². The van der Waals surface area contributed by atoms with E-state index in [4.69, 9.17) is 0 Å². The van der Waals surface area contributed by atoms with E-state index in [1.807, 2.05) is 13.1 Å². The van der Waals surface area contributed by atoms with Gasteiger partial charge in [0, 0.05) is 18.5 Å². The summed E-state index contributed by atoms with van der Waals surface area (Å²) in [6.45, 7) is 6.42. The van der Waals surface area contributed by atoms with Gasteiger partial charge in [0.05, 0.1) is 16.7 Å². The Balaban J connectivity index is 1.64. The Morgan fingerprint density at radius 1 is 1.20 bits per heavy atom. The molecule has 2 heterocycles. The van der Waals surface area contributed by atoms with Gasteiger partial charge in [-0.05, 0) is 42.3 Å². The lowest BCUT2D eigenvalue weighted by Gasteiger charge is -2.11. The fraction of sp³-hybridized carbons (Fsp3) is 0.278. The second-order valence-electron chi connectivity index (χ2n) is 6.09. The number of hydrogen-bond acceptors (Lipinski definition) is 3. The molecular weight excluding hydrogens is 382 g/mol. The van der Waals surface area contributed by atoms with Crippen LogP contribution in [0.4, 0.5) is 5.82 Å². The van der Waals surface area contributed by atoms with E-state index in [0.717, 1.165) is 15.7 Å². The third-order valence-electron chi connectivity index (χ3n) is 3.99. The Labute approximate surface area is 155 Å². The van der Waals surface area contributed by atoms with Crippen molar-refractivity contribution in [3.05, 3.63) is 64.0 Å². The molecule has 130 valence electrons. The molecule has 0 radical (unpaired) electrons. The average molecular weight is 402 g/mol. The predicted molar refractivity (Wildman–Crippen MR) is 101 cm³/mol. The largest absolute Gasteiger partial charge is 0.307 e. The summed E-state index contributed by atoms with van der Waals surface area (Å²) >= 11 is 3.41. The van der Waals surface area contributed by atoms with Crippen molar-refractivity contribution in [2.24, 2.45) is 0 Å². The van der Waals surface area contributed by atoms with Gasteiger partial charge in [0.15, 0.2) is 5.82 Å². The van der Waals surface area contributed by atoms with Crippen LogP contribution in [-0.2, 0) is 11.3 Å². The molecule has 0 spiro atoms. The second-order valence-corrected chi connectivity index (χ2v) is 6.95. The van der Waals surface area contributed by atoms with Crippen molar-refractivity contribution in [2.75, 3.05) is 5.32 Å². The Bertz CT molecular complexity index is 862. The maximum absolute atomic E-state index is 12.4. The molecule has 1 N–H and O–H groups in total. The van der Waals surface area contributed by atoms with Crippen LogP contribution in [-0.4, -0.2) is 25.5 Å². The van der Waals surface area contributed by atoms with Crippen molar-refractivity contribution in [3.63, 3.8) is 0 Å². The molecule has 0 fully saturated rings. The monoisotopic (exact) mass is 401 g/mol. The summed E-state index contributed by atoms with van der Waals surface area (Å²) in [6.07, 6.45) is 3.66. The number of nitrogens with one attached hydrogen (secondary N) is 1. The standard InChI is InChI=1S/C18H20BrN5O/c1-12-4-6-15(7-5-12)10-23-9-8-17(22-23)20-18(25)14(3)24-11-16(19)13(2)21-24/h4-9,11,14H,10H2,1-3H3,(H,20,22,25). The minimum Gasteiger partial charge on any atom is -0.307 e. The molecule has 6 nitrogen and oxygen atoms in total. The molecular formula is C18H20BrN5O. The molecule has 25 heavy (non-hydrogen) atoms. The SMILES string of the molecule is Cc1ccc(Cn2ccc(NC(=O)C(C)n3cc(Br)c(C)n3)n2)cc1. The number of hydrogen-bond donors (Lipinski definition) is 1. The van der Waals surface area contributed by atoms with Gasteiger partial charge in [0.1, 0.15) is 6.04 Å². The summed E-state index contributed by atoms with van der Waals surface area (Å²) in [6, 6.07) is 9.68. The fourth-order valence-electron chi connectivity index (χ4n) is 2.41. The number of aryl methyl sites for hydroxylation is 2. The zero-order chi connectivity index (χ0) is 18.0. The first-order chi connectivity index (χ1) is 11.9. The topological polar surface area (TPSA) is 64.7 Å². The van der Waals surface area contributed by atoms with Crippen LogP contribution < -0.4 is 5.32 Å². The average Bonchev–Trinajstić information content (AvgIpc) is 3.15. The number of amides is 1. The summed E-state index contributed by atoms with van der Waals surface area (Å²) in [7, 11) is 0. The molecule has 0 bridgehead atoms. The first kappa shape index (κ1) is 17.4. The zero-order valence-corrected chi connectivity index (χ0v) is 16.0. The van der Waals surface area contributed by atoms with Gasteiger partial charge in [-0.3, -0.25) is 14.2 Å². The Hall–Kier alpha value is -2.41. The summed E-state index contributed by atoms with van der Waals surface area (Å²) in [5, 5.41) is 11.6. The lowest BCUT2D eigenvalue weighted by atomic mass is 10.1. The molecule has 0 aliphatic heterocycles. The van der Waals surface area contributed by atoms with E-state index in [0.29, 0.717) is 12.4 Å². The number of nitrogens with zero attached hydrogens (tertiary/aromatic N) is 4. The maximum Gasteiger partial charge on any atom is 0.250 e. The quantitative estimate of drug-likeness (QED) is 0.708. The molecule has 3 rings (SSSR count). The molecule has 0 saturated heterocycles. The zero-order valence-electron chi connectivity index (χ0n) is 14.4. The van der Waals surface area contributed by atoms with Gasteiger partial charge >= 0.3 is 0 Å². The Morgan fingerprint density at radius 3 is 2.56 bits per heavy atom. The number of anilines is 1. The number of rotatable bonds is 5. The highest BCUT2D eigenvalue weighted by molar-refractivity contribution is 9.10. The fourth-order valence-corrected chi connectivity index (χ4v) is 2.69. The number of aromatic nitrogens is 4. The van der Waals surface area contributed by atoms with E-state index in [1.165, 1.54) is 5.56 Å². The van der Waals surface area contributed by atoms with E-state index in [1.54, 1.807) is 28.6 Å².